The van der Waals surface area contributed by atoms with Gasteiger partial charge >= 0.3 is 0 Å². The average molecular weight is 278 g/mol. The zero-order chi connectivity index (χ0) is 14.2. The van der Waals surface area contributed by atoms with Crippen molar-refractivity contribution in [2.75, 3.05) is 33.4 Å². The van der Waals surface area contributed by atoms with Gasteiger partial charge in [0.05, 0.1) is 6.61 Å². The Kier molecular flexibility index (Phi) is 6.30. The summed E-state index contributed by atoms with van der Waals surface area (Å²) in [5.41, 5.74) is 6.71. The van der Waals surface area contributed by atoms with Crippen molar-refractivity contribution >= 4 is 0 Å². The van der Waals surface area contributed by atoms with Gasteiger partial charge in [0.25, 0.3) is 0 Å². The molecule has 0 radical (unpaired) electrons. The summed E-state index contributed by atoms with van der Waals surface area (Å²) in [6.07, 6.45) is 3.35. The highest BCUT2D eigenvalue weighted by Gasteiger charge is 2.17. The third-order valence-electron chi connectivity index (χ3n) is 3.90. The molecule has 2 N–H and O–H groups in total. The van der Waals surface area contributed by atoms with Crippen LogP contribution in [0, 0.1) is 0 Å². The van der Waals surface area contributed by atoms with Crippen LogP contribution in [0.4, 0.5) is 0 Å². The highest BCUT2D eigenvalue weighted by Crippen LogP contribution is 2.14. The lowest BCUT2D eigenvalue weighted by molar-refractivity contribution is 0.0417. The summed E-state index contributed by atoms with van der Waals surface area (Å²) in [5.74, 6) is 0.927. The molecule has 0 bridgehead atoms. The first-order valence-corrected chi connectivity index (χ1v) is 7.49. The first-order chi connectivity index (χ1) is 9.79. The van der Waals surface area contributed by atoms with Gasteiger partial charge in [-0.15, -0.1) is 0 Å². The van der Waals surface area contributed by atoms with E-state index in [0.717, 1.165) is 56.9 Å². The van der Waals surface area contributed by atoms with Gasteiger partial charge < -0.3 is 20.1 Å². The second-order valence-electron chi connectivity index (χ2n) is 5.37. The Morgan fingerprint density at radius 1 is 1.25 bits per heavy atom. The molecule has 0 saturated carbocycles. The Morgan fingerprint density at radius 2 is 1.95 bits per heavy atom. The van der Waals surface area contributed by atoms with E-state index >= 15 is 0 Å². The molecule has 1 aliphatic heterocycles. The Hall–Kier alpha value is -1.10. The van der Waals surface area contributed by atoms with Crippen LogP contribution in [0.3, 0.4) is 0 Å². The van der Waals surface area contributed by atoms with Crippen molar-refractivity contribution in [3.63, 3.8) is 0 Å². The third kappa shape index (κ3) is 4.78. The van der Waals surface area contributed by atoms with Crippen LogP contribution in [0.5, 0.6) is 5.75 Å². The van der Waals surface area contributed by atoms with Crippen molar-refractivity contribution in [1.29, 1.82) is 0 Å². The Bertz CT molecular complexity index is 375. The molecule has 112 valence electrons. The van der Waals surface area contributed by atoms with Gasteiger partial charge in [-0.3, -0.25) is 0 Å². The lowest BCUT2D eigenvalue weighted by atomic mass is 10.1. The Morgan fingerprint density at radius 3 is 2.60 bits per heavy atom. The molecular formula is C16H26N2O2. The molecule has 0 unspecified atom stereocenters. The van der Waals surface area contributed by atoms with Gasteiger partial charge in [0.2, 0.25) is 0 Å². The van der Waals surface area contributed by atoms with Crippen LogP contribution < -0.4 is 10.5 Å². The lowest BCUT2D eigenvalue weighted by Gasteiger charge is -2.31. The molecule has 4 heteroatoms. The third-order valence-corrected chi connectivity index (χ3v) is 3.90. The number of benzene rings is 1. The van der Waals surface area contributed by atoms with Gasteiger partial charge in [-0.25, -0.2) is 0 Å². The molecule has 1 aliphatic rings. The second-order valence-corrected chi connectivity index (χ2v) is 5.37. The second kappa shape index (κ2) is 8.25. The highest BCUT2D eigenvalue weighted by atomic mass is 16.5. The highest BCUT2D eigenvalue weighted by molar-refractivity contribution is 5.26. The van der Waals surface area contributed by atoms with E-state index in [2.05, 4.69) is 11.9 Å². The molecule has 20 heavy (non-hydrogen) atoms. The quantitative estimate of drug-likeness (QED) is 0.775. The average Bonchev–Trinajstić information content (AvgIpc) is 2.53. The zero-order valence-electron chi connectivity index (χ0n) is 12.4. The number of nitrogens with two attached hydrogens (primary N) is 1. The number of hydrogen-bond acceptors (Lipinski definition) is 4. The molecule has 1 heterocycles. The summed E-state index contributed by atoms with van der Waals surface area (Å²) in [6, 6.07) is 8.69. The molecule has 1 saturated heterocycles. The molecule has 0 aromatic heterocycles. The summed E-state index contributed by atoms with van der Waals surface area (Å²) in [7, 11) is 2.20. The molecule has 4 nitrogen and oxygen atoms in total. The SMILES string of the molecule is CN(CCCOc1ccc(CN)cc1)C1CCOCC1. The predicted octanol–water partition coefficient (Wildman–Crippen LogP) is 2.02. The van der Waals surface area contributed by atoms with Crippen molar-refractivity contribution < 1.29 is 9.47 Å². The topological polar surface area (TPSA) is 47.7 Å². The first kappa shape index (κ1) is 15.3. The maximum absolute atomic E-state index is 5.75. The summed E-state index contributed by atoms with van der Waals surface area (Å²) in [6.45, 7) is 4.22. The Balaban J connectivity index is 1.62. The summed E-state index contributed by atoms with van der Waals surface area (Å²) in [5, 5.41) is 0. The smallest absolute Gasteiger partial charge is 0.119 e. The largest absolute Gasteiger partial charge is 0.494 e. The van der Waals surface area contributed by atoms with Crippen molar-refractivity contribution in [3.05, 3.63) is 29.8 Å². The monoisotopic (exact) mass is 278 g/mol. The fourth-order valence-corrected chi connectivity index (χ4v) is 2.53. The fraction of sp³-hybridized carbons (Fsp3) is 0.625. The van der Waals surface area contributed by atoms with Gasteiger partial charge in [0, 0.05) is 32.3 Å². The minimum absolute atomic E-state index is 0.580. The molecule has 0 atom stereocenters. The van der Waals surface area contributed by atoms with E-state index in [1.54, 1.807) is 0 Å². The van der Waals surface area contributed by atoms with Gasteiger partial charge in [-0.05, 0) is 44.0 Å². The van der Waals surface area contributed by atoms with Gasteiger partial charge in [-0.2, -0.15) is 0 Å². The van der Waals surface area contributed by atoms with E-state index in [4.69, 9.17) is 15.2 Å². The molecule has 1 aromatic rings. The fourth-order valence-electron chi connectivity index (χ4n) is 2.53. The molecule has 2 rings (SSSR count). The van der Waals surface area contributed by atoms with Crippen molar-refractivity contribution in [2.24, 2.45) is 5.73 Å². The first-order valence-electron chi connectivity index (χ1n) is 7.49. The molecule has 0 amide bonds. The minimum Gasteiger partial charge on any atom is -0.494 e. The number of hydrogen-bond donors (Lipinski definition) is 1. The normalized spacial score (nSPS) is 16.6. The molecule has 0 aliphatic carbocycles. The minimum atomic E-state index is 0.580. The summed E-state index contributed by atoms with van der Waals surface area (Å²) in [4.78, 5) is 2.43. The van der Waals surface area contributed by atoms with Gasteiger partial charge in [0.1, 0.15) is 5.75 Å². The van der Waals surface area contributed by atoms with E-state index < -0.39 is 0 Å². The zero-order valence-corrected chi connectivity index (χ0v) is 12.4. The lowest BCUT2D eigenvalue weighted by Crippen LogP contribution is -2.37. The molecular weight excluding hydrogens is 252 g/mol. The Labute approximate surface area is 121 Å². The van der Waals surface area contributed by atoms with Crippen molar-refractivity contribution in [3.8, 4) is 5.75 Å². The number of nitrogens with zero attached hydrogens (tertiary/aromatic N) is 1. The van der Waals surface area contributed by atoms with E-state index in [1.807, 2.05) is 24.3 Å². The molecule has 0 spiro atoms. The van der Waals surface area contributed by atoms with Crippen LogP contribution >= 0.6 is 0 Å². The van der Waals surface area contributed by atoms with E-state index in [-0.39, 0.29) is 0 Å². The predicted molar refractivity (Wildman–Crippen MR) is 80.9 cm³/mol. The van der Waals surface area contributed by atoms with Crippen LogP contribution in [0.15, 0.2) is 24.3 Å². The summed E-state index contributed by atoms with van der Waals surface area (Å²) >= 11 is 0. The standard InChI is InChI=1S/C16H26N2O2/c1-18(15-7-11-19-12-8-15)9-2-10-20-16-5-3-14(13-17)4-6-16/h3-6,15H,2,7-13,17H2,1H3. The van der Waals surface area contributed by atoms with E-state index in [1.165, 1.54) is 0 Å². The maximum atomic E-state index is 5.75. The number of rotatable bonds is 7. The molecule has 1 aromatic carbocycles. The molecule has 1 fully saturated rings. The van der Waals surface area contributed by atoms with Gasteiger partial charge in [0.15, 0.2) is 0 Å². The van der Waals surface area contributed by atoms with Crippen LogP contribution in [0.25, 0.3) is 0 Å². The van der Waals surface area contributed by atoms with Gasteiger partial charge in [-0.1, -0.05) is 12.1 Å². The van der Waals surface area contributed by atoms with Crippen LogP contribution in [0.2, 0.25) is 0 Å². The van der Waals surface area contributed by atoms with Crippen molar-refractivity contribution in [2.45, 2.75) is 31.8 Å². The van der Waals surface area contributed by atoms with E-state index in [9.17, 15) is 0 Å². The van der Waals surface area contributed by atoms with E-state index in [0.29, 0.717) is 12.6 Å². The van der Waals surface area contributed by atoms with Crippen molar-refractivity contribution in [1.82, 2.24) is 4.90 Å². The number of ether oxygens (including phenoxy) is 2. The van der Waals surface area contributed by atoms with Crippen LogP contribution in [-0.2, 0) is 11.3 Å². The summed E-state index contributed by atoms with van der Waals surface area (Å²) < 4.78 is 11.1. The van der Waals surface area contributed by atoms with Crippen LogP contribution in [0.1, 0.15) is 24.8 Å². The maximum Gasteiger partial charge on any atom is 0.119 e. The van der Waals surface area contributed by atoms with Crippen LogP contribution in [-0.4, -0.2) is 44.4 Å².